The summed E-state index contributed by atoms with van der Waals surface area (Å²) in [6.07, 6.45) is 6.10. The fourth-order valence-electron chi connectivity index (χ4n) is 3.75. The molecule has 4 heteroatoms. The molecule has 0 amide bonds. The van der Waals surface area contributed by atoms with E-state index in [0.717, 1.165) is 36.7 Å². The van der Waals surface area contributed by atoms with Crippen LogP contribution in [0.25, 0.3) is 0 Å². The Labute approximate surface area is 127 Å². The van der Waals surface area contributed by atoms with E-state index in [1.54, 1.807) is 7.11 Å². The zero-order chi connectivity index (χ0) is 14.9. The summed E-state index contributed by atoms with van der Waals surface area (Å²) in [6, 6.07) is 8.11. The van der Waals surface area contributed by atoms with Gasteiger partial charge in [-0.2, -0.15) is 0 Å². The molecule has 0 bridgehead atoms. The van der Waals surface area contributed by atoms with E-state index in [9.17, 15) is 0 Å². The monoisotopic (exact) mass is 287 g/mol. The third-order valence-electron chi connectivity index (χ3n) is 5.01. The number of ether oxygens (including phenoxy) is 1. The van der Waals surface area contributed by atoms with Gasteiger partial charge in [-0.05, 0) is 37.3 Å². The van der Waals surface area contributed by atoms with Crippen molar-refractivity contribution in [3.63, 3.8) is 0 Å². The van der Waals surface area contributed by atoms with E-state index in [0.29, 0.717) is 5.96 Å². The van der Waals surface area contributed by atoms with E-state index < -0.39 is 0 Å². The second kappa shape index (κ2) is 5.58. The van der Waals surface area contributed by atoms with Crippen LogP contribution < -0.4 is 15.4 Å². The van der Waals surface area contributed by atoms with E-state index in [4.69, 9.17) is 10.5 Å². The summed E-state index contributed by atoms with van der Waals surface area (Å²) in [7, 11) is 1.71. The van der Waals surface area contributed by atoms with E-state index in [2.05, 4.69) is 22.9 Å². The summed E-state index contributed by atoms with van der Waals surface area (Å²) in [5.74, 6) is 2.30. The van der Waals surface area contributed by atoms with Crippen LogP contribution in [0.4, 0.5) is 5.69 Å². The molecule has 0 saturated heterocycles. The average molecular weight is 287 g/mol. The number of para-hydroxylation sites is 2. The Hall–Kier alpha value is -1.71. The van der Waals surface area contributed by atoms with E-state index in [1.807, 2.05) is 18.2 Å². The lowest BCUT2D eigenvalue weighted by Gasteiger charge is -2.39. The number of nitrogens with zero attached hydrogens (tertiary/aromatic N) is 2. The van der Waals surface area contributed by atoms with Crippen LogP contribution in [0.1, 0.15) is 39.0 Å². The predicted molar refractivity (Wildman–Crippen MR) is 86.9 cm³/mol. The molecule has 3 rings (SSSR count). The van der Waals surface area contributed by atoms with Crippen molar-refractivity contribution in [3.8, 4) is 5.75 Å². The number of anilines is 1. The Morgan fingerprint density at radius 1 is 1.29 bits per heavy atom. The van der Waals surface area contributed by atoms with Gasteiger partial charge in [-0.1, -0.05) is 31.9 Å². The Morgan fingerprint density at radius 2 is 2.10 bits per heavy atom. The normalized spacial score (nSPS) is 29.3. The zero-order valence-corrected chi connectivity index (χ0v) is 13.0. The molecular formula is C17H25N3O. The molecule has 1 aromatic carbocycles. The van der Waals surface area contributed by atoms with Gasteiger partial charge in [-0.15, -0.1) is 0 Å². The molecule has 1 aromatic rings. The Morgan fingerprint density at radius 3 is 2.90 bits per heavy atom. The second-order valence-corrected chi connectivity index (χ2v) is 6.44. The minimum absolute atomic E-state index is 0.0451. The van der Waals surface area contributed by atoms with Crippen LogP contribution >= 0.6 is 0 Å². The minimum Gasteiger partial charge on any atom is -0.495 e. The number of nitrogens with two attached hydrogens (primary N) is 1. The molecule has 2 N–H and O–H groups in total. The largest absolute Gasteiger partial charge is 0.495 e. The maximum absolute atomic E-state index is 6.25. The molecule has 2 aliphatic rings. The number of methoxy groups -OCH3 is 1. The van der Waals surface area contributed by atoms with Gasteiger partial charge in [0.1, 0.15) is 5.75 Å². The molecule has 2 atom stereocenters. The summed E-state index contributed by atoms with van der Waals surface area (Å²) >= 11 is 0. The Bertz CT molecular complexity index is 543. The van der Waals surface area contributed by atoms with Crippen LogP contribution in [0.3, 0.4) is 0 Å². The van der Waals surface area contributed by atoms with Gasteiger partial charge in [0, 0.05) is 0 Å². The number of guanidine groups is 1. The molecule has 1 aliphatic heterocycles. The maximum atomic E-state index is 6.25. The quantitative estimate of drug-likeness (QED) is 0.909. The first-order valence-electron chi connectivity index (χ1n) is 7.89. The molecule has 2 unspecified atom stereocenters. The molecule has 1 saturated carbocycles. The highest BCUT2D eigenvalue weighted by Crippen LogP contribution is 2.43. The average Bonchev–Trinajstić information content (AvgIpc) is 2.69. The van der Waals surface area contributed by atoms with Crippen LogP contribution in [0, 0.1) is 5.92 Å². The van der Waals surface area contributed by atoms with Crippen molar-refractivity contribution in [1.29, 1.82) is 0 Å². The summed E-state index contributed by atoms with van der Waals surface area (Å²) in [5.41, 5.74) is 7.34. The first kappa shape index (κ1) is 14.2. The molecule has 21 heavy (non-hydrogen) atoms. The number of rotatable bonds is 2. The van der Waals surface area contributed by atoms with E-state index in [1.165, 1.54) is 19.3 Å². The molecule has 1 aliphatic carbocycles. The van der Waals surface area contributed by atoms with Gasteiger partial charge >= 0.3 is 0 Å². The zero-order valence-electron chi connectivity index (χ0n) is 13.0. The highest BCUT2D eigenvalue weighted by Gasteiger charge is 2.44. The van der Waals surface area contributed by atoms with Gasteiger partial charge < -0.3 is 15.4 Å². The van der Waals surface area contributed by atoms with Gasteiger partial charge in [0.25, 0.3) is 0 Å². The fraction of sp³-hybridized carbons (Fsp3) is 0.588. The van der Waals surface area contributed by atoms with Crippen molar-refractivity contribution in [3.05, 3.63) is 24.3 Å². The van der Waals surface area contributed by atoms with Crippen LogP contribution in [0.2, 0.25) is 0 Å². The summed E-state index contributed by atoms with van der Waals surface area (Å²) in [5, 5.41) is 0. The topological polar surface area (TPSA) is 50.9 Å². The van der Waals surface area contributed by atoms with Crippen molar-refractivity contribution in [2.45, 2.75) is 44.6 Å². The van der Waals surface area contributed by atoms with Crippen LogP contribution in [0.15, 0.2) is 29.3 Å². The SMILES string of the molecule is COc1ccccc1N1C(N)=NCC12CCCC(C)CC2. The van der Waals surface area contributed by atoms with Crippen molar-refractivity contribution in [2.75, 3.05) is 18.6 Å². The van der Waals surface area contributed by atoms with Gasteiger partial charge in [0.05, 0.1) is 24.9 Å². The summed E-state index contributed by atoms with van der Waals surface area (Å²) < 4.78 is 5.54. The second-order valence-electron chi connectivity index (χ2n) is 6.44. The highest BCUT2D eigenvalue weighted by atomic mass is 16.5. The minimum atomic E-state index is 0.0451. The fourth-order valence-corrected chi connectivity index (χ4v) is 3.75. The number of hydrogen-bond donors (Lipinski definition) is 1. The van der Waals surface area contributed by atoms with Crippen molar-refractivity contribution >= 4 is 11.6 Å². The maximum Gasteiger partial charge on any atom is 0.196 e. The van der Waals surface area contributed by atoms with Gasteiger partial charge in [-0.3, -0.25) is 4.99 Å². The van der Waals surface area contributed by atoms with Crippen LogP contribution in [0.5, 0.6) is 5.75 Å². The van der Waals surface area contributed by atoms with Crippen molar-refractivity contribution in [1.82, 2.24) is 0 Å². The molecule has 114 valence electrons. The number of hydrogen-bond acceptors (Lipinski definition) is 4. The van der Waals surface area contributed by atoms with Crippen molar-refractivity contribution < 1.29 is 4.74 Å². The van der Waals surface area contributed by atoms with Crippen molar-refractivity contribution in [2.24, 2.45) is 16.6 Å². The van der Waals surface area contributed by atoms with Crippen LogP contribution in [-0.2, 0) is 0 Å². The third-order valence-corrected chi connectivity index (χ3v) is 5.01. The lowest BCUT2D eigenvalue weighted by Crippen LogP contribution is -2.52. The van der Waals surface area contributed by atoms with Gasteiger partial charge in [0.2, 0.25) is 0 Å². The standard InChI is InChI=1S/C17H25N3O/c1-13-6-5-10-17(11-9-13)12-19-16(18)20(17)14-7-3-4-8-15(14)21-2/h3-4,7-8,13H,5-6,9-12H2,1-2H3,(H2,18,19). The molecule has 4 nitrogen and oxygen atoms in total. The molecular weight excluding hydrogens is 262 g/mol. The smallest absolute Gasteiger partial charge is 0.196 e. The number of aliphatic imine (C=N–C) groups is 1. The first-order chi connectivity index (χ1) is 10.2. The molecule has 0 radical (unpaired) electrons. The third kappa shape index (κ3) is 2.47. The Balaban J connectivity index is 1.99. The summed E-state index contributed by atoms with van der Waals surface area (Å²) in [6.45, 7) is 3.16. The van der Waals surface area contributed by atoms with E-state index in [-0.39, 0.29) is 5.54 Å². The van der Waals surface area contributed by atoms with E-state index >= 15 is 0 Å². The molecule has 1 spiro atoms. The molecule has 0 aromatic heterocycles. The molecule has 1 heterocycles. The molecule has 1 fully saturated rings. The Kier molecular flexibility index (Phi) is 3.79. The lowest BCUT2D eigenvalue weighted by molar-refractivity contribution is 0.381. The first-order valence-corrected chi connectivity index (χ1v) is 7.89. The van der Waals surface area contributed by atoms with Gasteiger partial charge in [0.15, 0.2) is 5.96 Å². The van der Waals surface area contributed by atoms with Crippen LogP contribution in [-0.4, -0.2) is 25.2 Å². The summed E-state index contributed by atoms with van der Waals surface area (Å²) in [4.78, 5) is 6.82. The van der Waals surface area contributed by atoms with Gasteiger partial charge in [-0.25, -0.2) is 0 Å². The predicted octanol–water partition coefficient (Wildman–Crippen LogP) is 3.17. The highest BCUT2D eigenvalue weighted by molar-refractivity contribution is 5.99. The lowest BCUT2D eigenvalue weighted by atomic mass is 9.88. The number of benzene rings is 1.